The van der Waals surface area contributed by atoms with E-state index < -0.39 is 0 Å². The molecule has 1 heterocycles. The molecular formula is C18H29BO2. The highest BCUT2D eigenvalue weighted by molar-refractivity contribution is 6.62. The third-order valence-electron chi connectivity index (χ3n) is 4.82. The van der Waals surface area contributed by atoms with Gasteiger partial charge in [0.15, 0.2) is 0 Å². The Balaban J connectivity index is 1.94. The van der Waals surface area contributed by atoms with E-state index in [1.165, 1.54) is 37.7 Å². The standard InChI is InChI=1S/C18H29BO2/c1-6-7-8-9-10-15-11-13-16(14-12-15)19-20-17(2,3)18(4,5)21-19/h11-14H,6-10H2,1-5H3. The third kappa shape index (κ3) is 3.89. The quantitative estimate of drug-likeness (QED) is 0.579. The van der Waals surface area contributed by atoms with Crippen molar-refractivity contribution in [3.05, 3.63) is 29.8 Å². The zero-order valence-electron chi connectivity index (χ0n) is 14.2. The average Bonchev–Trinajstić information content (AvgIpc) is 2.64. The second kappa shape index (κ2) is 6.54. The second-order valence-electron chi connectivity index (χ2n) is 7.14. The summed E-state index contributed by atoms with van der Waals surface area (Å²) in [5, 5.41) is 0. The summed E-state index contributed by atoms with van der Waals surface area (Å²) in [4.78, 5) is 0. The minimum absolute atomic E-state index is 0.246. The van der Waals surface area contributed by atoms with Crippen LogP contribution in [0.25, 0.3) is 0 Å². The van der Waals surface area contributed by atoms with Crippen LogP contribution in [-0.4, -0.2) is 18.3 Å². The highest BCUT2D eigenvalue weighted by Crippen LogP contribution is 2.36. The fourth-order valence-corrected chi connectivity index (χ4v) is 2.58. The Hall–Kier alpha value is -0.795. The van der Waals surface area contributed by atoms with Gasteiger partial charge in [0.1, 0.15) is 0 Å². The van der Waals surface area contributed by atoms with Crippen LogP contribution >= 0.6 is 0 Å². The number of rotatable bonds is 6. The Morgan fingerprint density at radius 1 is 0.857 bits per heavy atom. The van der Waals surface area contributed by atoms with Gasteiger partial charge in [-0.15, -0.1) is 0 Å². The molecule has 0 spiro atoms. The molecule has 1 saturated heterocycles. The zero-order valence-corrected chi connectivity index (χ0v) is 14.2. The molecule has 2 nitrogen and oxygen atoms in total. The summed E-state index contributed by atoms with van der Waals surface area (Å²) >= 11 is 0. The highest BCUT2D eigenvalue weighted by Gasteiger charge is 2.51. The average molecular weight is 288 g/mol. The van der Waals surface area contributed by atoms with Gasteiger partial charge < -0.3 is 9.31 Å². The lowest BCUT2D eigenvalue weighted by Crippen LogP contribution is -2.41. The first-order valence-corrected chi connectivity index (χ1v) is 8.30. The molecule has 1 aliphatic rings. The van der Waals surface area contributed by atoms with Crippen molar-refractivity contribution in [2.45, 2.75) is 77.9 Å². The SMILES string of the molecule is CCCCCCc1ccc(B2OC(C)(C)C(C)(C)O2)cc1. The number of hydrogen-bond donors (Lipinski definition) is 0. The first-order valence-electron chi connectivity index (χ1n) is 8.30. The molecule has 1 aromatic carbocycles. The van der Waals surface area contributed by atoms with Gasteiger partial charge in [-0.3, -0.25) is 0 Å². The molecule has 1 aliphatic heterocycles. The maximum Gasteiger partial charge on any atom is 0.494 e. The molecule has 3 heteroatoms. The summed E-state index contributed by atoms with van der Waals surface area (Å²) in [6.45, 7) is 10.6. The molecule has 1 aromatic rings. The van der Waals surface area contributed by atoms with Crippen LogP contribution in [0.1, 0.15) is 65.9 Å². The molecule has 0 N–H and O–H groups in total. The van der Waals surface area contributed by atoms with Crippen molar-refractivity contribution in [2.75, 3.05) is 0 Å². The number of aryl methyl sites for hydroxylation is 1. The van der Waals surface area contributed by atoms with Crippen LogP contribution in [0, 0.1) is 0 Å². The normalized spacial score (nSPS) is 20.0. The van der Waals surface area contributed by atoms with E-state index >= 15 is 0 Å². The summed E-state index contributed by atoms with van der Waals surface area (Å²) in [5.74, 6) is 0. The Morgan fingerprint density at radius 3 is 1.95 bits per heavy atom. The van der Waals surface area contributed by atoms with Gasteiger partial charge in [-0.2, -0.15) is 0 Å². The molecule has 0 aromatic heterocycles. The van der Waals surface area contributed by atoms with E-state index in [1.54, 1.807) is 0 Å². The van der Waals surface area contributed by atoms with Gasteiger partial charge in [0.05, 0.1) is 11.2 Å². The summed E-state index contributed by atoms with van der Waals surface area (Å²) in [7, 11) is -0.246. The minimum Gasteiger partial charge on any atom is -0.399 e. The molecule has 116 valence electrons. The predicted molar refractivity (Wildman–Crippen MR) is 90.0 cm³/mol. The molecule has 0 saturated carbocycles. The second-order valence-corrected chi connectivity index (χ2v) is 7.14. The van der Waals surface area contributed by atoms with E-state index in [0.717, 1.165) is 5.46 Å². The minimum atomic E-state index is -0.267. The first kappa shape index (κ1) is 16.6. The molecule has 1 fully saturated rings. The lowest BCUT2D eigenvalue weighted by atomic mass is 9.78. The van der Waals surface area contributed by atoms with Gasteiger partial charge in [-0.1, -0.05) is 50.5 Å². The molecular weight excluding hydrogens is 259 g/mol. The zero-order chi connectivity index (χ0) is 15.5. The van der Waals surface area contributed by atoms with Crippen LogP contribution < -0.4 is 5.46 Å². The van der Waals surface area contributed by atoms with E-state index in [9.17, 15) is 0 Å². The summed E-state index contributed by atoms with van der Waals surface area (Å²) in [5.41, 5.74) is 1.99. The Morgan fingerprint density at radius 2 is 1.43 bits per heavy atom. The molecule has 0 atom stereocenters. The number of unbranched alkanes of at least 4 members (excludes halogenated alkanes) is 3. The van der Waals surface area contributed by atoms with Gasteiger partial charge >= 0.3 is 7.12 Å². The third-order valence-corrected chi connectivity index (χ3v) is 4.82. The van der Waals surface area contributed by atoms with Gasteiger partial charge in [0, 0.05) is 0 Å². The van der Waals surface area contributed by atoms with Crippen LogP contribution in [0.4, 0.5) is 0 Å². The predicted octanol–water partition coefficient (Wildman–Crippen LogP) is 4.11. The maximum absolute atomic E-state index is 6.08. The van der Waals surface area contributed by atoms with Crippen molar-refractivity contribution in [2.24, 2.45) is 0 Å². The van der Waals surface area contributed by atoms with Crippen molar-refractivity contribution >= 4 is 12.6 Å². The van der Waals surface area contributed by atoms with E-state index in [0.29, 0.717) is 0 Å². The smallest absolute Gasteiger partial charge is 0.399 e. The maximum atomic E-state index is 6.08. The fourth-order valence-electron chi connectivity index (χ4n) is 2.58. The molecule has 0 amide bonds. The van der Waals surface area contributed by atoms with Gasteiger partial charge in [0.25, 0.3) is 0 Å². The van der Waals surface area contributed by atoms with Crippen LogP contribution in [0.15, 0.2) is 24.3 Å². The lowest BCUT2D eigenvalue weighted by Gasteiger charge is -2.32. The monoisotopic (exact) mass is 288 g/mol. The lowest BCUT2D eigenvalue weighted by molar-refractivity contribution is 0.00578. The Kier molecular flexibility index (Phi) is 5.16. The first-order chi connectivity index (χ1) is 9.86. The fraction of sp³-hybridized carbons (Fsp3) is 0.667. The van der Waals surface area contributed by atoms with Crippen molar-refractivity contribution in [3.63, 3.8) is 0 Å². The summed E-state index contributed by atoms with van der Waals surface area (Å²) < 4.78 is 12.2. The van der Waals surface area contributed by atoms with Crippen molar-refractivity contribution in [1.82, 2.24) is 0 Å². The molecule has 2 rings (SSSR count). The summed E-state index contributed by atoms with van der Waals surface area (Å²) in [6, 6.07) is 8.73. The highest BCUT2D eigenvalue weighted by atomic mass is 16.7. The van der Waals surface area contributed by atoms with Gasteiger partial charge in [-0.25, -0.2) is 0 Å². The van der Waals surface area contributed by atoms with Crippen LogP contribution in [0.3, 0.4) is 0 Å². The van der Waals surface area contributed by atoms with Crippen molar-refractivity contribution in [3.8, 4) is 0 Å². The Labute approximate surface area is 130 Å². The van der Waals surface area contributed by atoms with E-state index in [4.69, 9.17) is 9.31 Å². The van der Waals surface area contributed by atoms with Crippen LogP contribution in [-0.2, 0) is 15.7 Å². The van der Waals surface area contributed by atoms with Crippen LogP contribution in [0.5, 0.6) is 0 Å². The molecule has 0 radical (unpaired) electrons. The van der Waals surface area contributed by atoms with Crippen LogP contribution in [0.2, 0.25) is 0 Å². The van der Waals surface area contributed by atoms with E-state index in [-0.39, 0.29) is 18.3 Å². The topological polar surface area (TPSA) is 18.5 Å². The molecule has 0 aliphatic carbocycles. The van der Waals surface area contributed by atoms with Crippen molar-refractivity contribution < 1.29 is 9.31 Å². The van der Waals surface area contributed by atoms with Gasteiger partial charge in [0.2, 0.25) is 0 Å². The van der Waals surface area contributed by atoms with Gasteiger partial charge in [-0.05, 0) is 51.6 Å². The number of hydrogen-bond acceptors (Lipinski definition) is 2. The number of benzene rings is 1. The van der Waals surface area contributed by atoms with E-state index in [2.05, 4.69) is 58.9 Å². The molecule has 0 unspecified atom stereocenters. The summed E-state index contributed by atoms with van der Waals surface area (Å²) in [6.07, 6.45) is 6.41. The molecule has 21 heavy (non-hydrogen) atoms. The van der Waals surface area contributed by atoms with Crippen molar-refractivity contribution in [1.29, 1.82) is 0 Å². The molecule has 0 bridgehead atoms. The largest absolute Gasteiger partial charge is 0.494 e. The van der Waals surface area contributed by atoms with E-state index in [1.807, 2.05) is 0 Å². The Bertz CT molecular complexity index is 435.